The predicted octanol–water partition coefficient (Wildman–Crippen LogP) is 2.95. The van der Waals surface area contributed by atoms with Gasteiger partial charge in [0.2, 0.25) is 11.8 Å². The summed E-state index contributed by atoms with van der Waals surface area (Å²) in [7, 11) is 0. The summed E-state index contributed by atoms with van der Waals surface area (Å²) in [6, 6.07) is 11.8. The Morgan fingerprint density at radius 2 is 2.00 bits per heavy atom. The van der Waals surface area contributed by atoms with Crippen LogP contribution < -0.4 is 10.6 Å². The number of rotatable bonds is 7. The standard InChI is InChI=1S/C25H29N3O4/c29-24(26-14-18-5-3-11-31-18)16-28-22-8-2-1-7-20(22)21-13-17(9-10-23(21)28)25(30)27-15-19-6-4-12-32-19/h1-3,5,7-8,11,17,19H,4,6,9-10,12-16H2,(H,26,29)(H,27,30). The van der Waals surface area contributed by atoms with Gasteiger partial charge in [-0.2, -0.15) is 0 Å². The lowest BCUT2D eigenvalue weighted by molar-refractivity contribution is -0.126. The van der Waals surface area contributed by atoms with E-state index >= 15 is 0 Å². The van der Waals surface area contributed by atoms with E-state index in [1.54, 1.807) is 6.26 Å². The molecule has 1 aliphatic carbocycles. The van der Waals surface area contributed by atoms with E-state index in [1.165, 1.54) is 11.3 Å². The Kier molecular flexibility index (Phi) is 5.99. The van der Waals surface area contributed by atoms with Gasteiger partial charge in [-0.15, -0.1) is 0 Å². The van der Waals surface area contributed by atoms with Gasteiger partial charge in [-0.05, 0) is 55.9 Å². The molecular formula is C25H29N3O4. The molecular weight excluding hydrogens is 406 g/mol. The molecule has 1 fully saturated rings. The van der Waals surface area contributed by atoms with Gasteiger partial charge in [0.05, 0.1) is 18.9 Å². The van der Waals surface area contributed by atoms with Crippen molar-refractivity contribution in [3.05, 3.63) is 59.7 Å². The number of para-hydroxylation sites is 1. The van der Waals surface area contributed by atoms with Crippen molar-refractivity contribution in [1.29, 1.82) is 0 Å². The number of hydrogen-bond acceptors (Lipinski definition) is 4. The predicted molar refractivity (Wildman–Crippen MR) is 120 cm³/mol. The zero-order chi connectivity index (χ0) is 21.9. The third-order valence-corrected chi connectivity index (χ3v) is 6.61. The van der Waals surface area contributed by atoms with Crippen molar-refractivity contribution < 1.29 is 18.7 Å². The van der Waals surface area contributed by atoms with Gasteiger partial charge >= 0.3 is 0 Å². The zero-order valence-corrected chi connectivity index (χ0v) is 18.1. The fourth-order valence-corrected chi connectivity index (χ4v) is 4.97. The van der Waals surface area contributed by atoms with Crippen LogP contribution in [-0.2, 0) is 40.3 Å². The Morgan fingerprint density at radius 3 is 2.81 bits per heavy atom. The highest BCUT2D eigenvalue weighted by atomic mass is 16.5. The fraction of sp³-hybridized carbons (Fsp3) is 0.440. The number of nitrogens with zero attached hydrogens (tertiary/aromatic N) is 1. The SMILES string of the molecule is O=C(Cn1c2c(c3ccccc31)CC(C(=O)NCC1CCCO1)CC2)NCc1ccco1. The Labute approximate surface area is 187 Å². The summed E-state index contributed by atoms with van der Waals surface area (Å²) in [4.78, 5) is 25.5. The molecule has 168 valence electrons. The van der Waals surface area contributed by atoms with Crippen molar-refractivity contribution in [1.82, 2.24) is 15.2 Å². The number of benzene rings is 1. The van der Waals surface area contributed by atoms with Gasteiger partial charge in [0.25, 0.3) is 0 Å². The van der Waals surface area contributed by atoms with Crippen molar-refractivity contribution >= 4 is 22.7 Å². The molecule has 1 aliphatic heterocycles. The van der Waals surface area contributed by atoms with Gasteiger partial charge in [0.15, 0.2) is 0 Å². The number of fused-ring (bicyclic) bond motifs is 3. The first-order chi connectivity index (χ1) is 15.7. The molecule has 2 aliphatic rings. The Balaban J connectivity index is 1.30. The minimum atomic E-state index is -0.0543. The second kappa shape index (κ2) is 9.20. The Bertz CT molecular complexity index is 1100. The van der Waals surface area contributed by atoms with Crippen molar-refractivity contribution in [2.45, 2.75) is 51.3 Å². The fourth-order valence-electron chi connectivity index (χ4n) is 4.97. The Hall–Kier alpha value is -3.06. The molecule has 7 heteroatoms. The van der Waals surface area contributed by atoms with E-state index in [0.717, 1.165) is 49.0 Å². The molecule has 1 saturated heterocycles. The van der Waals surface area contributed by atoms with Crippen molar-refractivity contribution in [3.63, 3.8) is 0 Å². The molecule has 0 radical (unpaired) electrons. The number of nitrogens with one attached hydrogen (secondary N) is 2. The van der Waals surface area contributed by atoms with Gasteiger partial charge in [0.1, 0.15) is 12.3 Å². The van der Waals surface area contributed by atoms with Crippen LogP contribution in [0.3, 0.4) is 0 Å². The van der Waals surface area contributed by atoms with Crippen LogP contribution in [0.5, 0.6) is 0 Å². The Morgan fingerprint density at radius 1 is 1.09 bits per heavy atom. The molecule has 0 bridgehead atoms. The van der Waals surface area contributed by atoms with Gasteiger partial charge in [-0.25, -0.2) is 0 Å². The summed E-state index contributed by atoms with van der Waals surface area (Å²) >= 11 is 0. The lowest BCUT2D eigenvalue weighted by Gasteiger charge is -2.24. The highest BCUT2D eigenvalue weighted by Gasteiger charge is 2.30. The molecule has 2 unspecified atom stereocenters. The number of furan rings is 1. The van der Waals surface area contributed by atoms with E-state index in [-0.39, 0.29) is 30.4 Å². The molecule has 1 aromatic carbocycles. The third-order valence-electron chi connectivity index (χ3n) is 6.61. The molecule has 2 aromatic heterocycles. The molecule has 2 atom stereocenters. The first-order valence-corrected chi connectivity index (χ1v) is 11.5. The molecule has 2 N–H and O–H groups in total. The van der Waals surface area contributed by atoms with E-state index in [0.29, 0.717) is 19.5 Å². The van der Waals surface area contributed by atoms with E-state index in [4.69, 9.17) is 9.15 Å². The quantitative estimate of drug-likeness (QED) is 0.598. The number of aromatic nitrogens is 1. The monoisotopic (exact) mass is 435 g/mol. The van der Waals surface area contributed by atoms with Crippen LogP contribution in [-0.4, -0.2) is 35.6 Å². The van der Waals surface area contributed by atoms with Crippen molar-refractivity contribution in [3.8, 4) is 0 Å². The number of ether oxygens (including phenoxy) is 1. The summed E-state index contributed by atoms with van der Waals surface area (Å²) in [6.07, 6.45) is 6.12. The van der Waals surface area contributed by atoms with E-state index < -0.39 is 0 Å². The maximum absolute atomic E-state index is 12.8. The lowest BCUT2D eigenvalue weighted by Crippen LogP contribution is -2.38. The second-order valence-corrected chi connectivity index (χ2v) is 8.70. The van der Waals surface area contributed by atoms with Crippen LogP contribution in [0.25, 0.3) is 10.9 Å². The largest absolute Gasteiger partial charge is 0.467 e. The summed E-state index contributed by atoms with van der Waals surface area (Å²) in [5.74, 6) is 0.742. The number of hydrogen-bond donors (Lipinski definition) is 2. The maximum atomic E-state index is 12.8. The molecule has 3 heterocycles. The molecule has 7 nitrogen and oxygen atoms in total. The van der Waals surface area contributed by atoms with Gasteiger partial charge < -0.3 is 24.4 Å². The average molecular weight is 436 g/mol. The average Bonchev–Trinajstić information content (AvgIpc) is 3.58. The number of amides is 2. The smallest absolute Gasteiger partial charge is 0.240 e. The van der Waals surface area contributed by atoms with Crippen LogP contribution in [0.1, 0.15) is 36.3 Å². The molecule has 0 spiro atoms. The molecule has 0 saturated carbocycles. The maximum Gasteiger partial charge on any atom is 0.240 e. The van der Waals surface area contributed by atoms with Crippen molar-refractivity contribution in [2.24, 2.45) is 5.92 Å². The molecule has 32 heavy (non-hydrogen) atoms. The minimum absolute atomic E-state index is 0.0454. The second-order valence-electron chi connectivity index (χ2n) is 8.70. The summed E-state index contributed by atoms with van der Waals surface area (Å²) < 4.78 is 13.0. The van der Waals surface area contributed by atoms with Crippen LogP contribution in [0.4, 0.5) is 0 Å². The zero-order valence-electron chi connectivity index (χ0n) is 18.1. The summed E-state index contributed by atoms with van der Waals surface area (Å²) in [5.41, 5.74) is 3.41. The number of carbonyl (C=O) groups is 2. The minimum Gasteiger partial charge on any atom is -0.467 e. The number of carbonyl (C=O) groups excluding carboxylic acids is 2. The van der Waals surface area contributed by atoms with E-state index in [1.807, 2.05) is 24.3 Å². The summed E-state index contributed by atoms with van der Waals surface area (Å²) in [5, 5.41) is 7.17. The topological polar surface area (TPSA) is 85.5 Å². The summed E-state index contributed by atoms with van der Waals surface area (Å²) in [6.45, 7) is 2.02. The normalized spacial score (nSPS) is 20.2. The van der Waals surface area contributed by atoms with Crippen molar-refractivity contribution in [2.75, 3.05) is 13.2 Å². The van der Waals surface area contributed by atoms with Gasteiger partial charge in [0, 0.05) is 35.7 Å². The van der Waals surface area contributed by atoms with Crippen LogP contribution in [0.15, 0.2) is 47.1 Å². The van der Waals surface area contributed by atoms with E-state index in [2.05, 4.69) is 27.3 Å². The lowest BCUT2D eigenvalue weighted by atomic mass is 9.85. The first-order valence-electron chi connectivity index (χ1n) is 11.5. The van der Waals surface area contributed by atoms with Gasteiger partial charge in [-0.1, -0.05) is 18.2 Å². The van der Waals surface area contributed by atoms with E-state index in [9.17, 15) is 9.59 Å². The highest BCUT2D eigenvalue weighted by Crippen LogP contribution is 2.34. The highest BCUT2D eigenvalue weighted by molar-refractivity contribution is 5.89. The van der Waals surface area contributed by atoms with Crippen LogP contribution in [0, 0.1) is 5.92 Å². The van der Waals surface area contributed by atoms with Crippen LogP contribution in [0.2, 0.25) is 0 Å². The first kappa shape index (κ1) is 20.8. The third kappa shape index (κ3) is 4.30. The van der Waals surface area contributed by atoms with Crippen LogP contribution >= 0.6 is 0 Å². The molecule has 3 aromatic rings. The molecule has 2 amide bonds. The molecule has 5 rings (SSSR count). The van der Waals surface area contributed by atoms with Gasteiger partial charge in [-0.3, -0.25) is 9.59 Å².